The molecule has 2 nitrogen and oxygen atoms in total. The molecule has 1 aliphatic carbocycles. The first-order valence-corrected chi connectivity index (χ1v) is 6.06. The number of hydrogen-bond acceptors (Lipinski definition) is 2. The third-order valence-electron chi connectivity index (χ3n) is 4.36. The number of nitrogens with zero attached hydrogens (tertiary/aromatic N) is 1. The molecule has 2 fully saturated rings. The van der Waals surface area contributed by atoms with E-state index in [1.54, 1.807) is 0 Å². The van der Waals surface area contributed by atoms with E-state index in [1.807, 2.05) is 0 Å². The van der Waals surface area contributed by atoms with Crippen molar-refractivity contribution in [3.63, 3.8) is 0 Å². The van der Waals surface area contributed by atoms with Crippen molar-refractivity contribution in [1.29, 1.82) is 0 Å². The zero-order valence-electron chi connectivity index (χ0n) is 9.79. The molecule has 2 rings (SSSR count). The van der Waals surface area contributed by atoms with Crippen LogP contribution in [0.25, 0.3) is 0 Å². The molecular formula is C12H24N2. The molecule has 0 amide bonds. The summed E-state index contributed by atoms with van der Waals surface area (Å²) in [7, 11) is 0. The Morgan fingerprint density at radius 2 is 2.00 bits per heavy atom. The normalized spacial score (nSPS) is 37.5. The first kappa shape index (κ1) is 10.4. The van der Waals surface area contributed by atoms with E-state index in [2.05, 4.69) is 25.7 Å². The van der Waals surface area contributed by atoms with Crippen LogP contribution in [0.4, 0.5) is 0 Å². The van der Waals surface area contributed by atoms with Crippen molar-refractivity contribution in [2.45, 2.75) is 64.6 Å². The lowest BCUT2D eigenvalue weighted by atomic mass is 9.64. The van der Waals surface area contributed by atoms with Gasteiger partial charge in [0.25, 0.3) is 0 Å². The zero-order valence-corrected chi connectivity index (χ0v) is 9.79. The molecule has 0 aromatic heterocycles. The molecule has 0 aromatic rings. The third-order valence-corrected chi connectivity index (χ3v) is 4.36. The van der Waals surface area contributed by atoms with Gasteiger partial charge >= 0.3 is 0 Å². The molecule has 82 valence electrons. The molecule has 1 saturated carbocycles. The molecule has 0 radical (unpaired) electrons. The SMILES string of the molecule is CC(C)N1CC[C@@H](N)[C@@H]1C1(C)CCC1. The van der Waals surface area contributed by atoms with E-state index in [0.29, 0.717) is 23.5 Å². The molecule has 0 spiro atoms. The Morgan fingerprint density at radius 3 is 2.43 bits per heavy atom. The van der Waals surface area contributed by atoms with E-state index in [4.69, 9.17) is 5.73 Å². The number of likely N-dealkylation sites (tertiary alicyclic amines) is 1. The van der Waals surface area contributed by atoms with Crippen LogP contribution in [0.5, 0.6) is 0 Å². The number of nitrogens with two attached hydrogens (primary N) is 1. The minimum Gasteiger partial charge on any atom is -0.326 e. The van der Waals surface area contributed by atoms with Gasteiger partial charge in [-0.05, 0) is 38.5 Å². The maximum atomic E-state index is 6.26. The fraction of sp³-hybridized carbons (Fsp3) is 1.00. The average Bonchev–Trinajstić information content (AvgIpc) is 2.43. The Hall–Kier alpha value is -0.0800. The molecule has 14 heavy (non-hydrogen) atoms. The molecule has 0 unspecified atom stereocenters. The molecule has 1 saturated heterocycles. The molecule has 2 N–H and O–H groups in total. The topological polar surface area (TPSA) is 29.3 Å². The maximum absolute atomic E-state index is 6.26. The lowest BCUT2D eigenvalue weighted by Gasteiger charge is -2.49. The fourth-order valence-electron chi connectivity index (χ4n) is 3.37. The molecule has 2 atom stereocenters. The van der Waals surface area contributed by atoms with E-state index in [0.717, 1.165) is 0 Å². The summed E-state index contributed by atoms with van der Waals surface area (Å²) in [5.41, 5.74) is 6.79. The summed E-state index contributed by atoms with van der Waals surface area (Å²) in [5, 5.41) is 0. The van der Waals surface area contributed by atoms with Gasteiger partial charge in [0.05, 0.1) is 0 Å². The van der Waals surface area contributed by atoms with Crippen LogP contribution < -0.4 is 5.73 Å². The van der Waals surface area contributed by atoms with Gasteiger partial charge in [0, 0.05) is 24.7 Å². The van der Waals surface area contributed by atoms with Crippen molar-refractivity contribution in [3.05, 3.63) is 0 Å². The van der Waals surface area contributed by atoms with Gasteiger partial charge in [-0.2, -0.15) is 0 Å². The summed E-state index contributed by atoms with van der Waals surface area (Å²) < 4.78 is 0. The van der Waals surface area contributed by atoms with E-state index >= 15 is 0 Å². The Labute approximate surface area is 87.8 Å². The molecule has 1 heterocycles. The first-order valence-electron chi connectivity index (χ1n) is 6.06. The van der Waals surface area contributed by atoms with Crippen LogP contribution in [0.15, 0.2) is 0 Å². The van der Waals surface area contributed by atoms with Crippen molar-refractivity contribution in [3.8, 4) is 0 Å². The molecule has 2 heteroatoms. The van der Waals surface area contributed by atoms with E-state index in [-0.39, 0.29) is 0 Å². The van der Waals surface area contributed by atoms with Crippen LogP contribution in [0, 0.1) is 5.41 Å². The van der Waals surface area contributed by atoms with Crippen LogP contribution in [0.2, 0.25) is 0 Å². The summed E-state index contributed by atoms with van der Waals surface area (Å²) in [4.78, 5) is 2.63. The third kappa shape index (κ3) is 1.49. The molecular weight excluding hydrogens is 172 g/mol. The van der Waals surface area contributed by atoms with Gasteiger partial charge in [-0.3, -0.25) is 4.90 Å². The zero-order chi connectivity index (χ0) is 10.3. The maximum Gasteiger partial charge on any atom is 0.0304 e. The highest BCUT2D eigenvalue weighted by Gasteiger charge is 2.48. The molecule has 1 aliphatic heterocycles. The predicted octanol–water partition coefficient (Wildman–Crippen LogP) is 1.99. The number of hydrogen-bond donors (Lipinski definition) is 1. The first-order chi connectivity index (χ1) is 6.54. The Morgan fingerprint density at radius 1 is 1.36 bits per heavy atom. The smallest absolute Gasteiger partial charge is 0.0304 e. The molecule has 0 aromatic carbocycles. The van der Waals surface area contributed by atoms with Gasteiger partial charge in [0.2, 0.25) is 0 Å². The lowest BCUT2D eigenvalue weighted by Crippen LogP contribution is -2.55. The summed E-state index contributed by atoms with van der Waals surface area (Å²) in [6, 6.07) is 1.73. The van der Waals surface area contributed by atoms with Crippen molar-refractivity contribution in [2.75, 3.05) is 6.54 Å². The second-order valence-corrected chi connectivity index (χ2v) is 5.74. The molecule has 0 bridgehead atoms. The van der Waals surface area contributed by atoms with Gasteiger partial charge in [-0.25, -0.2) is 0 Å². The Kier molecular flexibility index (Phi) is 2.61. The van der Waals surface area contributed by atoms with Gasteiger partial charge < -0.3 is 5.73 Å². The monoisotopic (exact) mass is 196 g/mol. The molecule has 2 aliphatic rings. The Balaban J connectivity index is 2.13. The summed E-state index contributed by atoms with van der Waals surface area (Å²) >= 11 is 0. The van der Waals surface area contributed by atoms with Crippen LogP contribution in [-0.4, -0.2) is 29.6 Å². The van der Waals surface area contributed by atoms with Gasteiger partial charge in [-0.1, -0.05) is 13.3 Å². The second-order valence-electron chi connectivity index (χ2n) is 5.74. The minimum atomic E-state index is 0.419. The summed E-state index contributed by atoms with van der Waals surface area (Å²) in [5.74, 6) is 0. The van der Waals surface area contributed by atoms with Crippen molar-refractivity contribution in [1.82, 2.24) is 4.90 Å². The highest BCUT2D eigenvalue weighted by atomic mass is 15.2. The highest BCUT2D eigenvalue weighted by Crippen LogP contribution is 2.48. The van der Waals surface area contributed by atoms with Crippen molar-refractivity contribution < 1.29 is 0 Å². The van der Waals surface area contributed by atoms with Crippen LogP contribution >= 0.6 is 0 Å². The van der Waals surface area contributed by atoms with Crippen molar-refractivity contribution in [2.24, 2.45) is 11.1 Å². The lowest BCUT2D eigenvalue weighted by molar-refractivity contribution is 0.0162. The van der Waals surface area contributed by atoms with Crippen LogP contribution in [0.3, 0.4) is 0 Å². The Bertz CT molecular complexity index is 208. The summed E-state index contributed by atoms with van der Waals surface area (Å²) in [6.07, 6.45) is 5.37. The largest absolute Gasteiger partial charge is 0.326 e. The van der Waals surface area contributed by atoms with E-state index in [1.165, 1.54) is 32.2 Å². The number of rotatable bonds is 2. The highest BCUT2D eigenvalue weighted by molar-refractivity contribution is 5.04. The fourth-order valence-corrected chi connectivity index (χ4v) is 3.37. The van der Waals surface area contributed by atoms with Crippen LogP contribution in [0.1, 0.15) is 46.5 Å². The minimum absolute atomic E-state index is 0.419. The van der Waals surface area contributed by atoms with Crippen molar-refractivity contribution >= 4 is 0 Å². The quantitative estimate of drug-likeness (QED) is 0.732. The summed E-state index contributed by atoms with van der Waals surface area (Å²) in [6.45, 7) is 8.24. The standard InChI is InChI=1S/C12H24N2/c1-9(2)14-8-5-10(13)11(14)12(3)6-4-7-12/h9-11H,4-8,13H2,1-3H3/t10-,11-/m1/s1. The van der Waals surface area contributed by atoms with E-state index in [9.17, 15) is 0 Å². The second kappa shape index (κ2) is 3.49. The average molecular weight is 196 g/mol. The van der Waals surface area contributed by atoms with Crippen LogP contribution in [-0.2, 0) is 0 Å². The van der Waals surface area contributed by atoms with E-state index < -0.39 is 0 Å². The van der Waals surface area contributed by atoms with Gasteiger partial charge in [0.15, 0.2) is 0 Å². The van der Waals surface area contributed by atoms with Gasteiger partial charge in [-0.15, -0.1) is 0 Å². The van der Waals surface area contributed by atoms with Gasteiger partial charge in [0.1, 0.15) is 0 Å². The predicted molar refractivity (Wildman–Crippen MR) is 60.2 cm³/mol.